The molecular weight excluding hydrogens is 340 g/mol. The summed E-state index contributed by atoms with van der Waals surface area (Å²) in [5.41, 5.74) is 4.35. The Labute approximate surface area is 156 Å². The number of aryl methyl sites for hydroxylation is 2. The Morgan fingerprint density at radius 2 is 1.85 bits per heavy atom. The number of imidazole rings is 1. The van der Waals surface area contributed by atoms with Crippen molar-refractivity contribution in [1.29, 1.82) is 0 Å². The first-order valence-electron chi connectivity index (χ1n) is 8.76. The third kappa shape index (κ3) is 3.17. The fourth-order valence-electron chi connectivity index (χ4n) is 2.91. The highest BCUT2D eigenvalue weighted by Crippen LogP contribution is 2.24. The topological polar surface area (TPSA) is 93.4 Å². The van der Waals surface area contributed by atoms with Gasteiger partial charge in [-0.2, -0.15) is 4.98 Å². The lowest BCUT2D eigenvalue weighted by atomic mass is 10.2. The maximum atomic E-state index is 4.69. The van der Waals surface area contributed by atoms with Crippen molar-refractivity contribution in [2.75, 3.05) is 17.7 Å². The van der Waals surface area contributed by atoms with Gasteiger partial charge in [0.25, 0.3) is 0 Å². The molecule has 8 nitrogen and oxygen atoms in total. The Kier molecular flexibility index (Phi) is 4.37. The van der Waals surface area contributed by atoms with Gasteiger partial charge in [0, 0.05) is 25.5 Å². The highest BCUT2D eigenvalue weighted by molar-refractivity contribution is 5.77. The SMILES string of the molecule is CCn1c(-c2ccnc(NC)n2)nc2cnc(Nc3ccccc3C)nc21. The molecule has 0 spiro atoms. The fourth-order valence-corrected chi connectivity index (χ4v) is 2.91. The van der Waals surface area contributed by atoms with Crippen LogP contribution in [-0.2, 0) is 6.54 Å². The van der Waals surface area contributed by atoms with E-state index in [2.05, 4.69) is 37.5 Å². The quantitative estimate of drug-likeness (QED) is 0.563. The molecule has 0 aliphatic rings. The lowest BCUT2D eigenvalue weighted by molar-refractivity contribution is 0.783. The van der Waals surface area contributed by atoms with Crippen molar-refractivity contribution in [2.45, 2.75) is 20.4 Å². The van der Waals surface area contributed by atoms with Crippen LogP contribution in [-0.4, -0.2) is 36.5 Å². The van der Waals surface area contributed by atoms with E-state index in [1.807, 2.05) is 41.8 Å². The van der Waals surface area contributed by atoms with Crippen molar-refractivity contribution in [1.82, 2.24) is 29.5 Å². The number of nitrogens with one attached hydrogen (secondary N) is 2. The van der Waals surface area contributed by atoms with Gasteiger partial charge in [-0.1, -0.05) is 18.2 Å². The number of aromatic nitrogens is 6. The zero-order chi connectivity index (χ0) is 18.8. The van der Waals surface area contributed by atoms with Crippen LogP contribution in [0.5, 0.6) is 0 Å². The van der Waals surface area contributed by atoms with E-state index in [1.165, 1.54) is 0 Å². The average Bonchev–Trinajstić information content (AvgIpc) is 3.07. The molecule has 2 N–H and O–H groups in total. The average molecular weight is 360 g/mol. The molecule has 0 saturated heterocycles. The summed E-state index contributed by atoms with van der Waals surface area (Å²) in [6, 6.07) is 9.88. The van der Waals surface area contributed by atoms with E-state index in [9.17, 15) is 0 Å². The highest BCUT2D eigenvalue weighted by atomic mass is 15.2. The molecule has 0 atom stereocenters. The van der Waals surface area contributed by atoms with Gasteiger partial charge in [0.2, 0.25) is 11.9 Å². The Morgan fingerprint density at radius 1 is 1.00 bits per heavy atom. The molecular formula is C19H20N8. The van der Waals surface area contributed by atoms with Crippen LogP contribution in [0, 0.1) is 6.92 Å². The van der Waals surface area contributed by atoms with E-state index in [1.54, 1.807) is 19.4 Å². The Hall–Kier alpha value is -3.55. The number of rotatable bonds is 5. The van der Waals surface area contributed by atoms with E-state index in [0.717, 1.165) is 33.9 Å². The molecule has 136 valence electrons. The minimum Gasteiger partial charge on any atom is -0.357 e. The van der Waals surface area contributed by atoms with Crippen molar-refractivity contribution in [3.8, 4) is 11.5 Å². The number of fused-ring (bicyclic) bond motifs is 1. The summed E-state index contributed by atoms with van der Waals surface area (Å²) in [5.74, 6) is 1.83. The van der Waals surface area contributed by atoms with Crippen LogP contribution in [0.15, 0.2) is 42.7 Å². The molecule has 0 amide bonds. The molecule has 4 aromatic rings. The summed E-state index contributed by atoms with van der Waals surface area (Å²) in [4.78, 5) is 22.5. The standard InChI is InChI=1S/C19H20N8/c1-4-27-16(14-9-10-21-18(20-3)25-14)23-15-11-22-19(26-17(15)27)24-13-8-6-5-7-12(13)2/h5-11H,4H2,1-3H3,(H,20,21,25)(H,22,24,26). The largest absolute Gasteiger partial charge is 0.357 e. The van der Waals surface area contributed by atoms with E-state index in [-0.39, 0.29) is 0 Å². The summed E-state index contributed by atoms with van der Waals surface area (Å²) in [6.07, 6.45) is 3.45. The summed E-state index contributed by atoms with van der Waals surface area (Å²) in [6.45, 7) is 4.82. The number of para-hydroxylation sites is 1. The number of nitrogens with zero attached hydrogens (tertiary/aromatic N) is 6. The molecule has 27 heavy (non-hydrogen) atoms. The molecule has 0 aliphatic heterocycles. The lowest BCUT2D eigenvalue weighted by Crippen LogP contribution is -2.04. The molecule has 3 heterocycles. The van der Waals surface area contributed by atoms with Crippen molar-refractivity contribution in [2.24, 2.45) is 0 Å². The van der Waals surface area contributed by atoms with Gasteiger partial charge in [0.05, 0.1) is 6.20 Å². The monoisotopic (exact) mass is 360 g/mol. The first kappa shape index (κ1) is 16.9. The molecule has 3 aromatic heterocycles. The first-order chi connectivity index (χ1) is 13.2. The van der Waals surface area contributed by atoms with Crippen molar-refractivity contribution in [3.05, 3.63) is 48.3 Å². The van der Waals surface area contributed by atoms with Crippen molar-refractivity contribution >= 4 is 28.7 Å². The van der Waals surface area contributed by atoms with Gasteiger partial charge in [-0.15, -0.1) is 0 Å². The molecule has 8 heteroatoms. The highest BCUT2D eigenvalue weighted by Gasteiger charge is 2.16. The smallest absolute Gasteiger partial charge is 0.229 e. The van der Waals surface area contributed by atoms with Crippen LogP contribution < -0.4 is 10.6 Å². The van der Waals surface area contributed by atoms with Crippen LogP contribution in [0.3, 0.4) is 0 Å². The van der Waals surface area contributed by atoms with Gasteiger partial charge in [-0.25, -0.2) is 19.9 Å². The normalized spacial score (nSPS) is 10.9. The minimum atomic E-state index is 0.538. The van der Waals surface area contributed by atoms with E-state index >= 15 is 0 Å². The Bertz CT molecular complexity index is 1100. The number of anilines is 3. The van der Waals surface area contributed by atoms with Gasteiger partial charge in [0.15, 0.2) is 11.5 Å². The molecule has 0 fully saturated rings. The number of benzene rings is 1. The molecule has 0 saturated carbocycles. The summed E-state index contributed by atoms with van der Waals surface area (Å²) in [7, 11) is 1.79. The predicted octanol–water partition coefficient (Wildman–Crippen LogP) is 3.40. The molecule has 0 bridgehead atoms. The van der Waals surface area contributed by atoms with Crippen molar-refractivity contribution < 1.29 is 0 Å². The zero-order valence-corrected chi connectivity index (χ0v) is 15.4. The van der Waals surface area contributed by atoms with Crippen LogP contribution in [0.4, 0.5) is 17.6 Å². The third-order valence-corrected chi connectivity index (χ3v) is 4.30. The van der Waals surface area contributed by atoms with Crippen LogP contribution >= 0.6 is 0 Å². The predicted molar refractivity (Wildman–Crippen MR) is 106 cm³/mol. The lowest BCUT2D eigenvalue weighted by Gasteiger charge is -2.08. The molecule has 0 aliphatic carbocycles. The van der Waals surface area contributed by atoms with Crippen LogP contribution in [0.1, 0.15) is 12.5 Å². The van der Waals surface area contributed by atoms with Gasteiger partial charge in [0.1, 0.15) is 11.2 Å². The van der Waals surface area contributed by atoms with Gasteiger partial charge < -0.3 is 15.2 Å². The molecule has 0 unspecified atom stereocenters. The molecule has 1 aromatic carbocycles. The summed E-state index contributed by atoms with van der Waals surface area (Å²) >= 11 is 0. The van der Waals surface area contributed by atoms with E-state index in [0.29, 0.717) is 18.4 Å². The second kappa shape index (κ2) is 6.99. The van der Waals surface area contributed by atoms with Crippen LogP contribution in [0.2, 0.25) is 0 Å². The van der Waals surface area contributed by atoms with Gasteiger partial charge >= 0.3 is 0 Å². The minimum absolute atomic E-state index is 0.538. The van der Waals surface area contributed by atoms with Crippen molar-refractivity contribution in [3.63, 3.8) is 0 Å². The number of hydrogen-bond donors (Lipinski definition) is 2. The van der Waals surface area contributed by atoms with Gasteiger partial charge in [-0.05, 0) is 31.5 Å². The zero-order valence-electron chi connectivity index (χ0n) is 15.4. The second-order valence-corrected chi connectivity index (χ2v) is 6.04. The Morgan fingerprint density at radius 3 is 2.63 bits per heavy atom. The first-order valence-corrected chi connectivity index (χ1v) is 8.76. The fraction of sp³-hybridized carbons (Fsp3) is 0.211. The second-order valence-electron chi connectivity index (χ2n) is 6.04. The maximum Gasteiger partial charge on any atom is 0.229 e. The molecule has 0 radical (unpaired) electrons. The summed E-state index contributed by atoms with van der Waals surface area (Å²) in [5, 5.41) is 6.24. The van der Waals surface area contributed by atoms with E-state index < -0.39 is 0 Å². The summed E-state index contributed by atoms with van der Waals surface area (Å²) < 4.78 is 2.03. The number of hydrogen-bond acceptors (Lipinski definition) is 7. The Balaban J connectivity index is 1.78. The van der Waals surface area contributed by atoms with Gasteiger partial charge in [-0.3, -0.25) is 0 Å². The molecule has 4 rings (SSSR count). The van der Waals surface area contributed by atoms with Crippen LogP contribution in [0.25, 0.3) is 22.7 Å². The third-order valence-electron chi connectivity index (χ3n) is 4.30. The maximum absolute atomic E-state index is 4.69. The van der Waals surface area contributed by atoms with E-state index in [4.69, 9.17) is 4.98 Å².